The van der Waals surface area contributed by atoms with Gasteiger partial charge in [0.15, 0.2) is 12.4 Å². The Balaban J connectivity index is 0.00000192. The lowest BCUT2D eigenvalue weighted by Gasteiger charge is -2.04. The molecule has 0 saturated carbocycles. The summed E-state index contributed by atoms with van der Waals surface area (Å²) < 4.78 is 14.9. The zero-order valence-corrected chi connectivity index (χ0v) is 14.3. The van der Waals surface area contributed by atoms with Crippen LogP contribution in [0.1, 0.15) is 0 Å². The van der Waals surface area contributed by atoms with Crippen molar-refractivity contribution in [3.05, 3.63) is 71.8 Å². The fourth-order valence-corrected chi connectivity index (χ4v) is 2.40. The summed E-state index contributed by atoms with van der Waals surface area (Å²) in [7, 11) is 0. The van der Waals surface area contributed by atoms with Gasteiger partial charge >= 0.3 is 0 Å². The minimum atomic E-state index is -0.511. The van der Waals surface area contributed by atoms with E-state index in [1.54, 1.807) is 4.57 Å². The molecule has 0 aliphatic rings. The minimum absolute atomic E-state index is 0. The maximum atomic E-state index is 13.1. The highest BCUT2D eigenvalue weighted by Gasteiger charge is 2.11. The number of anilines is 1. The van der Waals surface area contributed by atoms with Crippen LogP contribution >= 0.6 is 11.6 Å². The van der Waals surface area contributed by atoms with E-state index in [9.17, 15) is 9.18 Å². The first-order valence-electron chi connectivity index (χ1n) is 6.74. The van der Waals surface area contributed by atoms with Crippen molar-refractivity contribution in [2.75, 3.05) is 5.32 Å². The van der Waals surface area contributed by atoms with Crippen LogP contribution in [0.3, 0.4) is 0 Å². The first-order valence-corrected chi connectivity index (χ1v) is 7.12. The first-order chi connectivity index (χ1) is 10.6. The quantitative estimate of drug-likeness (QED) is 0.646. The van der Waals surface area contributed by atoms with Crippen LogP contribution in [-0.4, -0.2) is 5.91 Å². The lowest BCUT2D eigenvalue weighted by atomic mass is 10.2. The SMILES string of the molecule is O=C(C[n+]1ccc2ccccc2c1)Nc1ccc(F)c(Cl)c1.[Br-]. The molecule has 118 valence electrons. The van der Waals surface area contributed by atoms with Crippen molar-refractivity contribution < 1.29 is 30.7 Å². The summed E-state index contributed by atoms with van der Waals surface area (Å²) in [4.78, 5) is 12.0. The highest BCUT2D eigenvalue weighted by Crippen LogP contribution is 2.19. The Morgan fingerprint density at radius 2 is 1.87 bits per heavy atom. The zero-order chi connectivity index (χ0) is 15.5. The van der Waals surface area contributed by atoms with Gasteiger partial charge in [-0.25, -0.2) is 4.39 Å². The molecule has 1 amide bonds. The summed E-state index contributed by atoms with van der Waals surface area (Å²) in [5.41, 5.74) is 0.470. The normalized spacial score (nSPS) is 10.2. The van der Waals surface area contributed by atoms with Gasteiger partial charge in [0.2, 0.25) is 6.54 Å². The van der Waals surface area contributed by atoms with Gasteiger partial charge in [0.25, 0.3) is 5.91 Å². The van der Waals surface area contributed by atoms with Crippen LogP contribution in [0.5, 0.6) is 0 Å². The van der Waals surface area contributed by atoms with Gasteiger partial charge in [-0.05, 0) is 29.7 Å². The van der Waals surface area contributed by atoms with Crippen LogP contribution < -0.4 is 26.9 Å². The highest BCUT2D eigenvalue weighted by molar-refractivity contribution is 6.31. The van der Waals surface area contributed by atoms with Crippen molar-refractivity contribution in [1.82, 2.24) is 0 Å². The van der Waals surface area contributed by atoms with E-state index in [1.807, 2.05) is 42.7 Å². The summed E-state index contributed by atoms with van der Waals surface area (Å²) in [5, 5.41) is 4.85. The Kier molecular flexibility index (Phi) is 5.69. The highest BCUT2D eigenvalue weighted by atomic mass is 79.9. The molecular formula is C17H13BrClFN2O. The van der Waals surface area contributed by atoms with Crippen molar-refractivity contribution in [2.24, 2.45) is 0 Å². The number of carbonyl (C=O) groups excluding carboxylic acids is 1. The van der Waals surface area contributed by atoms with Gasteiger partial charge in [-0.3, -0.25) is 4.79 Å². The predicted molar refractivity (Wildman–Crippen MR) is 84.2 cm³/mol. The van der Waals surface area contributed by atoms with E-state index in [2.05, 4.69) is 5.32 Å². The molecule has 3 aromatic rings. The summed E-state index contributed by atoms with van der Waals surface area (Å²) in [6.45, 7) is 0.166. The molecule has 1 heterocycles. The summed E-state index contributed by atoms with van der Waals surface area (Å²) in [5.74, 6) is -0.716. The molecule has 23 heavy (non-hydrogen) atoms. The molecule has 0 aliphatic carbocycles. The Morgan fingerprint density at radius 3 is 2.61 bits per heavy atom. The lowest BCUT2D eigenvalue weighted by molar-refractivity contribution is -0.682. The van der Waals surface area contributed by atoms with Gasteiger partial charge in [-0.15, -0.1) is 0 Å². The molecule has 0 aliphatic heterocycles. The minimum Gasteiger partial charge on any atom is -1.00 e. The van der Waals surface area contributed by atoms with E-state index in [-0.39, 0.29) is 34.5 Å². The molecule has 0 bridgehead atoms. The number of amides is 1. The molecule has 0 spiro atoms. The third-order valence-electron chi connectivity index (χ3n) is 3.28. The van der Waals surface area contributed by atoms with Crippen molar-refractivity contribution in [3.63, 3.8) is 0 Å². The molecule has 2 aromatic carbocycles. The molecule has 0 atom stereocenters. The van der Waals surface area contributed by atoms with E-state index in [4.69, 9.17) is 11.6 Å². The predicted octanol–water partition coefficient (Wildman–Crippen LogP) is 0.562. The number of pyridine rings is 1. The molecule has 0 fully saturated rings. The summed E-state index contributed by atoms with van der Waals surface area (Å²) >= 11 is 5.69. The largest absolute Gasteiger partial charge is 1.00 e. The van der Waals surface area contributed by atoms with Crippen LogP contribution in [-0.2, 0) is 11.3 Å². The summed E-state index contributed by atoms with van der Waals surface area (Å²) in [6, 6.07) is 14.0. The van der Waals surface area contributed by atoms with Crippen LogP contribution in [0.15, 0.2) is 60.9 Å². The molecule has 0 unspecified atom stereocenters. The van der Waals surface area contributed by atoms with Crippen molar-refractivity contribution in [3.8, 4) is 0 Å². The fourth-order valence-electron chi connectivity index (χ4n) is 2.22. The molecule has 1 N–H and O–H groups in total. The first kappa shape index (κ1) is 17.4. The maximum absolute atomic E-state index is 13.1. The average molecular weight is 396 g/mol. The second-order valence-electron chi connectivity index (χ2n) is 4.92. The van der Waals surface area contributed by atoms with E-state index >= 15 is 0 Å². The number of nitrogens with zero attached hydrogens (tertiary/aromatic N) is 1. The van der Waals surface area contributed by atoms with E-state index in [1.165, 1.54) is 18.2 Å². The van der Waals surface area contributed by atoms with Crippen molar-refractivity contribution >= 4 is 34.0 Å². The molecule has 6 heteroatoms. The molecular weight excluding hydrogens is 383 g/mol. The van der Waals surface area contributed by atoms with E-state index < -0.39 is 5.82 Å². The van der Waals surface area contributed by atoms with E-state index in [0.717, 1.165) is 10.8 Å². The second kappa shape index (κ2) is 7.53. The average Bonchev–Trinajstić information content (AvgIpc) is 2.51. The third-order valence-corrected chi connectivity index (χ3v) is 3.57. The van der Waals surface area contributed by atoms with Crippen LogP contribution in [0, 0.1) is 5.82 Å². The molecule has 1 aromatic heterocycles. The molecule has 3 rings (SSSR count). The Hall–Kier alpha value is -1.98. The number of nitrogens with one attached hydrogen (secondary N) is 1. The standard InChI is InChI=1S/C17H12ClFN2O.BrH/c18-15-9-14(5-6-16(15)19)20-17(22)11-21-8-7-12-3-1-2-4-13(12)10-21;/h1-10H,11H2;1H. The number of aromatic nitrogens is 1. The van der Waals surface area contributed by atoms with Gasteiger partial charge < -0.3 is 22.3 Å². The van der Waals surface area contributed by atoms with Crippen LogP contribution in [0.2, 0.25) is 5.02 Å². The van der Waals surface area contributed by atoms with Crippen molar-refractivity contribution in [2.45, 2.75) is 6.54 Å². The monoisotopic (exact) mass is 394 g/mol. The molecule has 0 saturated heterocycles. The zero-order valence-electron chi connectivity index (χ0n) is 12.0. The maximum Gasteiger partial charge on any atom is 0.290 e. The Bertz CT molecular complexity index is 857. The van der Waals surface area contributed by atoms with Crippen LogP contribution in [0.25, 0.3) is 10.8 Å². The third kappa shape index (κ3) is 4.27. The number of benzene rings is 2. The number of fused-ring (bicyclic) bond motifs is 1. The van der Waals surface area contributed by atoms with Gasteiger partial charge in [0.1, 0.15) is 5.82 Å². The van der Waals surface area contributed by atoms with Gasteiger partial charge in [0, 0.05) is 17.1 Å². The number of rotatable bonds is 3. The number of carbonyl (C=O) groups is 1. The lowest BCUT2D eigenvalue weighted by Crippen LogP contribution is -3.00. The molecule has 0 radical (unpaired) electrons. The Morgan fingerprint density at radius 1 is 1.13 bits per heavy atom. The van der Waals surface area contributed by atoms with Gasteiger partial charge in [0.05, 0.1) is 5.02 Å². The smallest absolute Gasteiger partial charge is 0.290 e. The number of hydrogen-bond acceptors (Lipinski definition) is 1. The summed E-state index contributed by atoms with van der Waals surface area (Å²) in [6.07, 6.45) is 3.76. The van der Waals surface area contributed by atoms with E-state index in [0.29, 0.717) is 5.69 Å². The van der Waals surface area contributed by atoms with Crippen molar-refractivity contribution in [1.29, 1.82) is 0 Å². The van der Waals surface area contributed by atoms with Crippen LogP contribution in [0.4, 0.5) is 10.1 Å². The fraction of sp³-hybridized carbons (Fsp3) is 0.0588. The topological polar surface area (TPSA) is 33.0 Å². The van der Waals surface area contributed by atoms with Gasteiger partial charge in [-0.1, -0.05) is 29.8 Å². The Labute approximate surface area is 148 Å². The number of halogens is 3. The van der Waals surface area contributed by atoms with Gasteiger partial charge in [-0.2, -0.15) is 4.57 Å². The molecule has 3 nitrogen and oxygen atoms in total. The second-order valence-corrected chi connectivity index (χ2v) is 5.33. The number of hydrogen-bond donors (Lipinski definition) is 1.